The van der Waals surface area contributed by atoms with E-state index in [1.807, 2.05) is 30.5 Å². The smallest absolute Gasteiger partial charge is 0.261 e. The van der Waals surface area contributed by atoms with Crippen LogP contribution in [0, 0.1) is 0 Å². The molecule has 1 heterocycles. The van der Waals surface area contributed by atoms with Crippen molar-refractivity contribution in [3.05, 3.63) is 46.7 Å². The van der Waals surface area contributed by atoms with Crippen LogP contribution in [0.3, 0.4) is 0 Å². The molecule has 6 nitrogen and oxygen atoms in total. The molecule has 0 unspecified atom stereocenters. The summed E-state index contributed by atoms with van der Waals surface area (Å²) in [4.78, 5) is 38.8. The minimum atomic E-state index is -0.335. The van der Waals surface area contributed by atoms with Crippen LogP contribution in [0.25, 0.3) is 0 Å². The Morgan fingerprint density at radius 2 is 1.92 bits per heavy atom. The van der Waals surface area contributed by atoms with E-state index in [-0.39, 0.29) is 30.8 Å². The summed E-state index contributed by atoms with van der Waals surface area (Å²) in [5.74, 6) is -0.921. The van der Waals surface area contributed by atoms with Gasteiger partial charge in [-0.3, -0.25) is 14.4 Å². The van der Waals surface area contributed by atoms with Crippen molar-refractivity contribution in [1.29, 1.82) is 0 Å². The van der Waals surface area contributed by atoms with E-state index in [0.717, 1.165) is 4.90 Å². The van der Waals surface area contributed by atoms with Crippen molar-refractivity contribution in [2.45, 2.75) is 4.90 Å². The number of anilines is 1. The first-order valence-electron chi connectivity index (χ1n) is 7.49. The second kappa shape index (κ2) is 9.24. The molecule has 2 N–H and O–H groups in total. The van der Waals surface area contributed by atoms with E-state index in [1.54, 1.807) is 17.5 Å². The van der Waals surface area contributed by atoms with Crippen LogP contribution in [0.4, 0.5) is 5.69 Å². The van der Waals surface area contributed by atoms with Gasteiger partial charge in [-0.2, -0.15) is 0 Å². The van der Waals surface area contributed by atoms with Gasteiger partial charge in [-0.15, -0.1) is 23.1 Å². The van der Waals surface area contributed by atoms with Crippen LogP contribution < -0.4 is 10.6 Å². The van der Waals surface area contributed by atoms with Crippen LogP contribution >= 0.6 is 23.1 Å². The van der Waals surface area contributed by atoms with Crippen LogP contribution in [0.1, 0.15) is 9.67 Å². The molecule has 0 aliphatic heterocycles. The number of hydrogen-bond acceptors (Lipinski definition) is 5. The van der Waals surface area contributed by atoms with Gasteiger partial charge in [0.2, 0.25) is 11.8 Å². The highest BCUT2D eigenvalue weighted by Crippen LogP contribution is 2.24. The molecule has 0 saturated heterocycles. The molecule has 0 spiro atoms. The first kappa shape index (κ1) is 19.0. The third kappa shape index (κ3) is 5.61. The largest absolute Gasteiger partial charge is 0.342 e. The molecule has 0 aliphatic carbocycles. The maximum absolute atomic E-state index is 12.1. The average Bonchev–Trinajstić information content (AvgIpc) is 3.14. The van der Waals surface area contributed by atoms with Gasteiger partial charge in [0, 0.05) is 11.9 Å². The fourth-order valence-corrected chi connectivity index (χ4v) is 3.22. The summed E-state index contributed by atoms with van der Waals surface area (Å²) in [6.45, 7) is -0.238. The molecule has 8 heteroatoms. The van der Waals surface area contributed by atoms with Crippen molar-refractivity contribution < 1.29 is 14.4 Å². The summed E-state index contributed by atoms with van der Waals surface area (Å²) < 4.78 is 0. The molecule has 3 amide bonds. The monoisotopic (exact) mass is 377 g/mol. The minimum Gasteiger partial charge on any atom is -0.342 e. The van der Waals surface area contributed by atoms with Crippen molar-refractivity contribution in [3.8, 4) is 0 Å². The van der Waals surface area contributed by atoms with Crippen LogP contribution in [0.15, 0.2) is 46.7 Å². The zero-order chi connectivity index (χ0) is 18.2. The van der Waals surface area contributed by atoms with E-state index in [0.29, 0.717) is 10.6 Å². The second-order valence-corrected chi connectivity index (χ2v) is 6.95. The Kier molecular flexibility index (Phi) is 7.03. The Bertz CT molecular complexity index is 747. The molecule has 2 aromatic rings. The van der Waals surface area contributed by atoms with Gasteiger partial charge in [-0.25, -0.2) is 0 Å². The topological polar surface area (TPSA) is 78.5 Å². The lowest BCUT2D eigenvalue weighted by molar-refractivity contribution is -0.132. The van der Waals surface area contributed by atoms with Gasteiger partial charge in [0.05, 0.1) is 23.7 Å². The predicted octanol–water partition coefficient (Wildman–Crippen LogP) is 2.30. The SMILES string of the molecule is CSc1ccccc1NC(=O)CN(C)C(=O)CNC(=O)c1cccs1. The fraction of sp³-hybridized carbons (Fsp3) is 0.235. The van der Waals surface area contributed by atoms with Crippen molar-refractivity contribution in [3.63, 3.8) is 0 Å². The predicted molar refractivity (Wildman–Crippen MR) is 101 cm³/mol. The van der Waals surface area contributed by atoms with E-state index < -0.39 is 0 Å². The number of likely N-dealkylation sites (N-methyl/N-ethyl adjacent to an activating group) is 1. The van der Waals surface area contributed by atoms with E-state index in [4.69, 9.17) is 0 Å². The van der Waals surface area contributed by atoms with Gasteiger partial charge >= 0.3 is 0 Å². The molecule has 0 atom stereocenters. The highest BCUT2D eigenvalue weighted by molar-refractivity contribution is 7.98. The highest BCUT2D eigenvalue weighted by Gasteiger charge is 2.15. The van der Waals surface area contributed by atoms with Crippen molar-refractivity contribution in [1.82, 2.24) is 10.2 Å². The molecule has 0 bridgehead atoms. The number of carbonyl (C=O) groups is 3. The molecule has 25 heavy (non-hydrogen) atoms. The van der Waals surface area contributed by atoms with Gasteiger partial charge < -0.3 is 15.5 Å². The molecular formula is C17H19N3O3S2. The minimum absolute atomic E-state index is 0.0869. The maximum Gasteiger partial charge on any atom is 0.261 e. The molecular weight excluding hydrogens is 358 g/mol. The van der Waals surface area contributed by atoms with Crippen LogP contribution in [-0.2, 0) is 9.59 Å². The van der Waals surface area contributed by atoms with Crippen molar-refractivity contribution >= 4 is 46.5 Å². The maximum atomic E-state index is 12.1. The van der Waals surface area contributed by atoms with Gasteiger partial charge in [0.25, 0.3) is 5.91 Å². The summed E-state index contributed by atoms with van der Waals surface area (Å²) in [5, 5.41) is 7.14. The number of hydrogen-bond donors (Lipinski definition) is 2. The quantitative estimate of drug-likeness (QED) is 0.726. The summed E-state index contributed by atoms with van der Waals surface area (Å²) >= 11 is 2.83. The van der Waals surface area contributed by atoms with Crippen LogP contribution in [0.5, 0.6) is 0 Å². The molecule has 132 valence electrons. The Hall–Kier alpha value is -2.32. The summed E-state index contributed by atoms with van der Waals surface area (Å²) in [6.07, 6.45) is 1.93. The van der Waals surface area contributed by atoms with E-state index >= 15 is 0 Å². The highest BCUT2D eigenvalue weighted by atomic mass is 32.2. The first-order chi connectivity index (χ1) is 12.0. The summed E-state index contributed by atoms with van der Waals surface area (Å²) in [5.41, 5.74) is 0.715. The first-order valence-corrected chi connectivity index (χ1v) is 9.60. The summed E-state index contributed by atoms with van der Waals surface area (Å²) in [6, 6.07) is 10.9. The van der Waals surface area contributed by atoms with Gasteiger partial charge in [-0.1, -0.05) is 18.2 Å². The molecule has 0 aliphatic rings. The van der Waals surface area contributed by atoms with Crippen molar-refractivity contribution in [2.75, 3.05) is 31.7 Å². The Morgan fingerprint density at radius 1 is 1.16 bits per heavy atom. The number of amides is 3. The third-order valence-corrected chi connectivity index (χ3v) is 5.00. The zero-order valence-electron chi connectivity index (χ0n) is 13.9. The number of nitrogens with zero attached hydrogens (tertiary/aromatic N) is 1. The normalized spacial score (nSPS) is 10.2. The number of thioether (sulfide) groups is 1. The molecule has 1 aromatic carbocycles. The number of para-hydroxylation sites is 1. The van der Waals surface area contributed by atoms with Gasteiger partial charge in [0.1, 0.15) is 0 Å². The second-order valence-electron chi connectivity index (χ2n) is 5.16. The lowest BCUT2D eigenvalue weighted by Crippen LogP contribution is -2.41. The molecule has 0 radical (unpaired) electrons. The van der Waals surface area contributed by atoms with E-state index in [9.17, 15) is 14.4 Å². The van der Waals surface area contributed by atoms with Crippen LogP contribution in [-0.4, -0.2) is 49.0 Å². The fourth-order valence-electron chi connectivity index (χ4n) is 2.03. The average molecular weight is 377 g/mol. The number of rotatable bonds is 7. The van der Waals surface area contributed by atoms with E-state index in [1.165, 1.54) is 35.0 Å². The lowest BCUT2D eigenvalue weighted by Gasteiger charge is -2.17. The number of thiophene rings is 1. The Morgan fingerprint density at radius 3 is 2.60 bits per heavy atom. The summed E-state index contributed by atoms with van der Waals surface area (Å²) in [7, 11) is 1.53. The number of nitrogens with one attached hydrogen (secondary N) is 2. The number of carbonyl (C=O) groups excluding carboxylic acids is 3. The molecule has 1 aromatic heterocycles. The lowest BCUT2D eigenvalue weighted by atomic mass is 10.3. The molecule has 0 fully saturated rings. The van der Waals surface area contributed by atoms with Gasteiger partial charge in [-0.05, 0) is 29.8 Å². The van der Waals surface area contributed by atoms with Crippen molar-refractivity contribution in [2.24, 2.45) is 0 Å². The standard InChI is InChI=1S/C17H19N3O3S2/c1-20(16(22)10-18-17(23)14-8-5-9-25-14)11-15(21)19-12-6-3-4-7-13(12)24-2/h3-9H,10-11H2,1-2H3,(H,18,23)(H,19,21). The Balaban J connectivity index is 1.81. The number of benzene rings is 1. The van der Waals surface area contributed by atoms with E-state index in [2.05, 4.69) is 10.6 Å². The van der Waals surface area contributed by atoms with Crippen LogP contribution in [0.2, 0.25) is 0 Å². The molecule has 2 rings (SSSR count). The zero-order valence-corrected chi connectivity index (χ0v) is 15.6. The Labute approximate surface area is 154 Å². The third-order valence-electron chi connectivity index (χ3n) is 3.33. The van der Waals surface area contributed by atoms with Gasteiger partial charge in [0.15, 0.2) is 0 Å². The molecule has 0 saturated carbocycles.